The Labute approximate surface area is 170 Å². The Bertz CT molecular complexity index is 866. The summed E-state index contributed by atoms with van der Waals surface area (Å²) in [4.78, 5) is 10.8. The molecule has 29 heavy (non-hydrogen) atoms. The fraction of sp³-hybridized carbons (Fsp3) is 0.789. The molecule has 1 aromatic rings. The number of halogens is 1. The SMILES string of the molecule is CC1(OC2CC3C(CC2F)NNC3c2cc(N3CCS(=O)(=O)CC3)ncn2)CC1. The van der Waals surface area contributed by atoms with Gasteiger partial charge in [0.15, 0.2) is 9.84 Å². The van der Waals surface area contributed by atoms with Crippen molar-refractivity contribution in [3.8, 4) is 0 Å². The predicted molar refractivity (Wildman–Crippen MR) is 106 cm³/mol. The molecule has 0 bridgehead atoms. The second-order valence-electron chi connectivity index (χ2n) is 9.07. The van der Waals surface area contributed by atoms with Crippen molar-refractivity contribution in [2.75, 3.05) is 29.5 Å². The average molecular weight is 426 g/mol. The van der Waals surface area contributed by atoms with E-state index in [9.17, 15) is 12.8 Å². The van der Waals surface area contributed by atoms with Gasteiger partial charge in [-0.2, -0.15) is 0 Å². The molecule has 160 valence electrons. The minimum absolute atomic E-state index is 0.0420. The van der Waals surface area contributed by atoms with Gasteiger partial charge >= 0.3 is 0 Å². The van der Waals surface area contributed by atoms with Crippen molar-refractivity contribution in [3.63, 3.8) is 0 Å². The molecule has 2 aliphatic carbocycles. The van der Waals surface area contributed by atoms with Crippen LogP contribution >= 0.6 is 0 Å². The van der Waals surface area contributed by atoms with Crippen molar-refractivity contribution in [1.82, 2.24) is 20.8 Å². The minimum atomic E-state index is -2.94. The number of ether oxygens (including phenoxy) is 1. The van der Waals surface area contributed by atoms with E-state index in [2.05, 4.69) is 27.7 Å². The Morgan fingerprint density at radius 2 is 1.97 bits per heavy atom. The zero-order valence-corrected chi connectivity index (χ0v) is 17.4. The van der Waals surface area contributed by atoms with Crippen molar-refractivity contribution < 1.29 is 17.5 Å². The number of nitrogens with zero attached hydrogens (tertiary/aromatic N) is 3. The number of aromatic nitrogens is 2. The first kappa shape index (κ1) is 19.6. The molecule has 8 nitrogen and oxygen atoms in total. The van der Waals surface area contributed by atoms with Crippen molar-refractivity contribution >= 4 is 15.7 Å². The van der Waals surface area contributed by atoms with Crippen LogP contribution in [0.25, 0.3) is 0 Å². The van der Waals surface area contributed by atoms with E-state index in [-0.39, 0.29) is 41.2 Å². The Kier molecular flexibility index (Phi) is 4.80. The van der Waals surface area contributed by atoms with E-state index in [0.717, 1.165) is 24.4 Å². The standard InChI is InChI=1S/C19H28FN5O3S/c1-19(2-3-19)28-16-8-12-14(9-13(16)20)23-24-18(12)15-10-17(22-11-21-15)25-4-6-29(26,27)7-5-25/h10-14,16,18,23-24H,2-9H2,1H3. The molecule has 2 saturated heterocycles. The highest BCUT2D eigenvalue weighted by molar-refractivity contribution is 7.91. The molecule has 5 rings (SSSR count). The molecule has 2 aliphatic heterocycles. The van der Waals surface area contributed by atoms with E-state index in [1.165, 1.54) is 6.33 Å². The van der Waals surface area contributed by atoms with Gasteiger partial charge in [0.2, 0.25) is 0 Å². The van der Waals surface area contributed by atoms with Crippen molar-refractivity contribution in [2.24, 2.45) is 5.92 Å². The molecule has 4 aliphatic rings. The highest BCUT2D eigenvalue weighted by Crippen LogP contribution is 2.45. The monoisotopic (exact) mass is 425 g/mol. The lowest BCUT2D eigenvalue weighted by Gasteiger charge is -2.37. The van der Waals surface area contributed by atoms with Gasteiger partial charge in [-0.3, -0.25) is 5.43 Å². The van der Waals surface area contributed by atoms with E-state index >= 15 is 0 Å². The number of nitrogens with one attached hydrogen (secondary N) is 2. The molecule has 0 spiro atoms. The second kappa shape index (κ2) is 7.11. The van der Waals surface area contributed by atoms with Crippen LogP contribution in [0.1, 0.15) is 44.3 Å². The van der Waals surface area contributed by atoms with Crippen LogP contribution in [0.15, 0.2) is 12.4 Å². The molecule has 5 unspecified atom stereocenters. The molecule has 4 fully saturated rings. The summed E-state index contributed by atoms with van der Waals surface area (Å²) in [6.45, 7) is 2.95. The van der Waals surface area contributed by atoms with Gasteiger partial charge in [0, 0.05) is 31.1 Å². The molecule has 1 aromatic heterocycles. The lowest BCUT2D eigenvalue weighted by Crippen LogP contribution is -2.45. The Morgan fingerprint density at radius 3 is 2.69 bits per heavy atom. The van der Waals surface area contributed by atoms with Crippen molar-refractivity contribution in [3.05, 3.63) is 18.1 Å². The third kappa shape index (κ3) is 3.99. The molecular formula is C19H28FN5O3S. The first-order chi connectivity index (χ1) is 13.8. The first-order valence-electron chi connectivity index (χ1n) is 10.4. The van der Waals surface area contributed by atoms with Crippen molar-refractivity contribution in [1.29, 1.82) is 0 Å². The van der Waals surface area contributed by atoms with Crippen LogP contribution in [0.5, 0.6) is 0 Å². The number of hydrogen-bond donors (Lipinski definition) is 2. The average Bonchev–Trinajstić information content (AvgIpc) is 3.27. The molecule has 2 N–H and O–H groups in total. The predicted octanol–water partition coefficient (Wildman–Crippen LogP) is 0.915. The van der Waals surface area contributed by atoms with Gasteiger partial charge in [0.1, 0.15) is 18.3 Å². The number of rotatable bonds is 4. The zero-order valence-electron chi connectivity index (χ0n) is 16.6. The molecule has 3 heterocycles. The van der Waals surface area contributed by atoms with E-state index in [1.54, 1.807) is 0 Å². The molecule has 2 saturated carbocycles. The minimum Gasteiger partial charge on any atom is -0.369 e. The maximum Gasteiger partial charge on any atom is 0.153 e. The fourth-order valence-electron chi connectivity index (χ4n) is 4.71. The number of fused-ring (bicyclic) bond motifs is 1. The van der Waals surface area contributed by atoms with Crippen LogP contribution in [-0.4, -0.2) is 66.9 Å². The maximum absolute atomic E-state index is 14.7. The molecule has 0 amide bonds. The Hall–Kier alpha value is -1.36. The molecule has 10 heteroatoms. The number of hydrazine groups is 1. The summed E-state index contributed by atoms with van der Waals surface area (Å²) < 4.78 is 44.2. The number of sulfone groups is 1. The van der Waals surface area contributed by atoms with E-state index in [0.29, 0.717) is 25.9 Å². The molecular weight excluding hydrogens is 397 g/mol. The van der Waals surface area contributed by atoms with Gasteiger partial charge in [-0.1, -0.05) is 0 Å². The summed E-state index contributed by atoms with van der Waals surface area (Å²) in [5.74, 6) is 1.22. The number of anilines is 1. The number of alkyl halides is 1. The maximum atomic E-state index is 14.7. The quantitative estimate of drug-likeness (QED) is 0.735. The fourth-order valence-corrected chi connectivity index (χ4v) is 5.91. The normalized spacial score (nSPS) is 37.9. The summed E-state index contributed by atoms with van der Waals surface area (Å²) in [7, 11) is -2.94. The van der Waals surface area contributed by atoms with E-state index < -0.39 is 16.0 Å². The van der Waals surface area contributed by atoms with Gasteiger partial charge in [-0.15, -0.1) is 0 Å². The van der Waals surface area contributed by atoms with Crippen LogP contribution < -0.4 is 15.8 Å². The van der Waals surface area contributed by atoms with Crippen molar-refractivity contribution in [2.45, 2.75) is 62.6 Å². The van der Waals surface area contributed by atoms with Crippen LogP contribution in [0.4, 0.5) is 10.2 Å². The summed E-state index contributed by atoms with van der Waals surface area (Å²) in [6.07, 6.45) is 3.28. The topological polar surface area (TPSA) is 96.5 Å². The van der Waals surface area contributed by atoms with Gasteiger partial charge in [-0.25, -0.2) is 28.2 Å². The Balaban J connectivity index is 1.32. The number of hydrogen-bond acceptors (Lipinski definition) is 8. The lowest BCUT2D eigenvalue weighted by atomic mass is 9.78. The summed E-state index contributed by atoms with van der Waals surface area (Å²) >= 11 is 0. The van der Waals surface area contributed by atoms with Crippen LogP contribution in [0, 0.1) is 5.92 Å². The molecule has 0 radical (unpaired) electrons. The summed E-state index contributed by atoms with van der Waals surface area (Å²) in [5.41, 5.74) is 7.25. The van der Waals surface area contributed by atoms with Gasteiger partial charge in [-0.05, 0) is 32.6 Å². The molecule has 5 atom stereocenters. The Morgan fingerprint density at radius 1 is 1.21 bits per heavy atom. The van der Waals surface area contributed by atoms with Gasteiger partial charge in [0.25, 0.3) is 0 Å². The second-order valence-corrected chi connectivity index (χ2v) is 11.4. The highest BCUT2D eigenvalue weighted by atomic mass is 32.2. The van der Waals surface area contributed by atoms with Gasteiger partial charge in [0.05, 0.1) is 34.9 Å². The highest BCUT2D eigenvalue weighted by Gasteiger charge is 2.50. The first-order valence-corrected chi connectivity index (χ1v) is 12.2. The smallest absolute Gasteiger partial charge is 0.153 e. The molecule has 0 aromatic carbocycles. The van der Waals surface area contributed by atoms with E-state index in [1.807, 2.05) is 11.0 Å². The van der Waals surface area contributed by atoms with Crippen LogP contribution in [0.3, 0.4) is 0 Å². The summed E-state index contributed by atoms with van der Waals surface area (Å²) in [5, 5.41) is 0. The van der Waals surface area contributed by atoms with Crippen LogP contribution in [-0.2, 0) is 14.6 Å². The lowest BCUT2D eigenvalue weighted by molar-refractivity contribution is -0.0886. The third-order valence-corrected chi connectivity index (χ3v) is 8.42. The van der Waals surface area contributed by atoms with Gasteiger partial charge < -0.3 is 9.64 Å². The third-order valence-electron chi connectivity index (χ3n) is 6.81. The summed E-state index contributed by atoms with van der Waals surface area (Å²) in [6, 6.07) is 1.92. The zero-order chi connectivity index (χ0) is 20.2. The largest absolute Gasteiger partial charge is 0.369 e. The van der Waals surface area contributed by atoms with Crippen LogP contribution in [0.2, 0.25) is 0 Å². The van der Waals surface area contributed by atoms with E-state index in [4.69, 9.17) is 4.74 Å².